The van der Waals surface area contributed by atoms with Crippen molar-refractivity contribution in [3.63, 3.8) is 0 Å². The first-order chi connectivity index (χ1) is 14.1. The molecule has 1 amide bonds. The molecule has 2 saturated heterocycles. The van der Waals surface area contributed by atoms with Gasteiger partial charge in [0.15, 0.2) is 5.13 Å². The number of aryl methyl sites for hydroxylation is 1. The number of benzene rings is 1. The zero-order chi connectivity index (χ0) is 20.0. The standard InChI is InChI=1S/C21H24N6OS/c1-25-9-16(19(24-25)14-5-3-2-4-6-14)12-27-11-15-10-26(8-7-18(15)27)20(28)17-13-29-21(22)23-17/h2-6,9,13,15,18H,7-8,10-12H2,1H3,(H2,22,23)/t15-,18-/m0/s1. The Hall–Kier alpha value is -2.71. The van der Waals surface area contributed by atoms with Crippen LogP contribution >= 0.6 is 11.3 Å². The SMILES string of the molecule is Cn1cc(CN2C[C@@H]3CN(C(=O)c4csc(N)n4)CC[C@@H]32)c(-c2ccccc2)n1. The molecule has 2 atom stereocenters. The molecule has 0 unspecified atom stereocenters. The van der Waals surface area contributed by atoms with E-state index in [0.29, 0.717) is 22.8 Å². The minimum Gasteiger partial charge on any atom is -0.375 e. The number of anilines is 1. The van der Waals surface area contributed by atoms with Gasteiger partial charge >= 0.3 is 0 Å². The van der Waals surface area contributed by atoms with E-state index in [4.69, 9.17) is 5.73 Å². The van der Waals surface area contributed by atoms with Gasteiger partial charge in [-0.1, -0.05) is 30.3 Å². The Balaban J connectivity index is 1.24. The third-order valence-electron chi connectivity index (χ3n) is 5.99. The topological polar surface area (TPSA) is 80.3 Å². The second-order valence-corrected chi connectivity index (χ2v) is 8.80. The fraction of sp³-hybridized carbons (Fsp3) is 0.381. The third kappa shape index (κ3) is 3.42. The van der Waals surface area contributed by atoms with Crippen LogP contribution in [0.15, 0.2) is 41.9 Å². The Morgan fingerprint density at radius 3 is 2.83 bits per heavy atom. The first-order valence-corrected chi connectivity index (χ1v) is 10.8. The van der Waals surface area contributed by atoms with Gasteiger partial charge in [0.1, 0.15) is 5.69 Å². The van der Waals surface area contributed by atoms with Gasteiger partial charge < -0.3 is 10.6 Å². The summed E-state index contributed by atoms with van der Waals surface area (Å²) in [6.45, 7) is 3.48. The maximum Gasteiger partial charge on any atom is 0.273 e. The molecule has 2 fully saturated rings. The lowest BCUT2D eigenvalue weighted by atomic mass is 9.82. The lowest BCUT2D eigenvalue weighted by Crippen LogP contribution is -2.63. The monoisotopic (exact) mass is 408 g/mol. The van der Waals surface area contributed by atoms with E-state index >= 15 is 0 Å². The Labute approximate surface area is 173 Å². The predicted octanol–water partition coefficient (Wildman–Crippen LogP) is 2.47. The minimum atomic E-state index is 0.00785. The fourth-order valence-electron chi connectivity index (χ4n) is 4.60. The van der Waals surface area contributed by atoms with Crippen LogP contribution in [0.2, 0.25) is 0 Å². The number of piperidine rings is 1. The van der Waals surface area contributed by atoms with Crippen LogP contribution in [0.5, 0.6) is 0 Å². The van der Waals surface area contributed by atoms with Crippen LogP contribution < -0.4 is 5.73 Å². The van der Waals surface area contributed by atoms with Crippen molar-refractivity contribution in [1.82, 2.24) is 24.6 Å². The van der Waals surface area contributed by atoms with Crippen LogP contribution in [0.3, 0.4) is 0 Å². The van der Waals surface area contributed by atoms with Gasteiger partial charge in [0.2, 0.25) is 0 Å². The molecule has 7 nitrogen and oxygen atoms in total. The van der Waals surface area contributed by atoms with Crippen molar-refractivity contribution < 1.29 is 4.79 Å². The highest BCUT2D eigenvalue weighted by molar-refractivity contribution is 7.13. The molecule has 0 bridgehead atoms. The normalized spacial score (nSPS) is 21.6. The van der Waals surface area contributed by atoms with E-state index in [2.05, 4.69) is 45.4 Å². The number of carbonyl (C=O) groups excluding carboxylic acids is 1. The second kappa shape index (κ2) is 7.27. The predicted molar refractivity (Wildman–Crippen MR) is 113 cm³/mol. The smallest absolute Gasteiger partial charge is 0.273 e. The Bertz CT molecular complexity index is 1030. The first-order valence-electron chi connectivity index (χ1n) is 9.91. The zero-order valence-corrected chi connectivity index (χ0v) is 17.2. The average Bonchev–Trinajstić information content (AvgIpc) is 3.31. The van der Waals surface area contributed by atoms with E-state index in [1.807, 2.05) is 22.7 Å². The van der Waals surface area contributed by atoms with E-state index in [1.54, 1.807) is 5.38 Å². The number of hydrogen-bond donors (Lipinski definition) is 1. The molecule has 0 aliphatic carbocycles. The second-order valence-electron chi connectivity index (χ2n) is 7.91. The molecule has 2 aliphatic rings. The maximum absolute atomic E-state index is 12.7. The Morgan fingerprint density at radius 1 is 1.28 bits per heavy atom. The van der Waals surface area contributed by atoms with Crippen molar-refractivity contribution in [2.75, 3.05) is 25.4 Å². The average molecular weight is 409 g/mol. The van der Waals surface area contributed by atoms with Crippen molar-refractivity contribution in [3.8, 4) is 11.3 Å². The van der Waals surface area contributed by atoms with E-state index in [0.717, 1.165) is 43.9 Å². The first kappa shape index (κ1) is 18.3. The van der Waals surface area contributed by atoms with Crippen LogP contribution in [0.25, 0.3) is 11.3 Å². The summed E-state index contributed by atoms with van der Waals surface area (Å²) < 4.78 is 1.90. The molecule has 150 valence electrons. The van der Waals surface area contributed by atoms with E-state index in [-0.39, 0.29) is 5.91 Å². The van der Waals surface area contributed by atoms with Crippen LogP contribution in [0, 0.1) is 5.92 Å². The summed E-state index contributed by atoms with van der Waals surface area (Å²) in [4.78, 5) is 21.3. The number of amides is 1. The summed E-state index contributed by atoms with van der Waals surface area (Å²) in [5.74, 6) is 0.536. The van der Waals surface area contributed by atoms with Crippen molar-refractivity contribution in [2.24, 2.45) is 13.0 Å². The number of hydrogen-bond acceptors (Lipinski definition) is 6. The van der Waals surface area contributed by atoms with Crippen molar-refractivity contribution in [1.29, 1.82) is 0 Å². The summed E-state index contributed by atoms with van der Waals surface area (Å²) >= 11 is 1.32. The van der Waals surface area contributed by atoms with Gasteiger partial charge in [-0.05, 0) is 6.42 Å². The number of thiazole rings is 1. The molecule has 2 aliphatic heterocycles. The summed E-state index contributed by atoms with van der Waals surface area (Å²) in [5, 5.41) is 6.89. The number of rotatable bonds is 4. The lowest BCUT2D eigenvalue weighted by Gasteiger charge is -2.53. The van der Waals surface area contributed by atoms with Crippen LogP contribution in [0.4, 0.5) is 5.13 Å². The van der Waals surface area contributed by atoms with Gasteiger partial charge in [-0.25, -0.2) is 4.98 Å². The number of nitrogens with two attached hydrogens (primary N) is 1. The highest BCUT2D eigenvalue weighted by Crippen LogP contribution is 2.35. The van der Waals surface area contributed by atoms with E-state index in [1.165, 1.54) is 16.9 Å². The summed E-state index contributed by atoms with van der Waals surface area (Å²) in [6.07, 6.45) is 3.12. The van der Waals surface area contributed by atoms with E-state index in [9.17, 15) is 4.79 Å². The number of fused-ring (bicyclic) bond motifs is 1. The van der Waals surface area contributed by atoms with Gasteiger partial charge in [0.25, 0.3) is 5.91 Å². The Kier molecular flexibility index (Phi) is 4.60. The molecule has 2 aromatic heterocycles. The van der Waals surface area contributed by atoms with Gasteiger partial charge in [-0.15, -0.1) is 11.3 Å². The van der Waals surface area contributed by atoms with Gasteiger partial charge in [-0.3, -0.25) is 14.4 Å². The molecule has 3 aromatic rings. The van der Waals surface area contributed by atoms with Crippen molar-refractivity contribution in [2.45, 2.75) is 19.0 Å². The van der Waals surface area contributed by atoms with Gasteiger partial charge in [0, 0.05) is 67.9 Å². The molecule has 29 heavy (non-hydrogen) atoms. The van der Waals surface area contributed by atoms with Crippen LogP contribution in [-0.4, -0.2) is 56.1 Å². The minimum absolute atomic E-state index is 0.00785. The van der Waals surface area contributed by atoms with Gasteiger partial charge in [-0.2, -0.15) is 5.10 Å². The van der Waals surface area contributed by atoms with Crippen LogP contribution in [0.1, 0.15) is 22.5 Å². The molecule has 4 heterocycles. The summed E-state index contributed by atoms with van der Waals surface area (Å²) in [7, 11) is 1.98. The molecule has 1 aromatic carbocycles. The van der Waals surface area contributed by atoms with E-state index < -0.39 is 0 Å². The molecule has 8 heteroatoms. The molecule has 2 N–H and O–H groups in total. The highest BCUT2D eigenvalue weighted by Gasteiger charge is 2.43. The molecular weight excluding hydrogens is 384 g/mol. The van der Waals surface area contributed by atoms with Gasteiger partial charge in [0.05, 0.1) is 5.69 Å². The Morgan fingerprint density at radius 2 is 2.10 bits per heavy atom. The summed E-state index contributed by atoms with van der Waals surface area (Å²) in [6, 6.07) is 10.9. The molecule has 0 spiro atoms. The number of likely N-dealkylation sites (tertiary alicyclic amines) is 2. The number of nitrogens with zero attached hydrogens (tertiary/aromatic N) is 5. The number of nitrogen functional groups attached to an aromatic ring is 1. The molecule has 0 radical (unpaired) electrons. The number of carbonyl (C=O) groups is 1. The quantitative estimate of drug-likeness (QED) is 0.717. The molecular formula is C21H24N6OS. The summed E-state index contributed by atoms with van der Waals surface area (Å²) in [5.41, 5.74) is 9.63. The van der Waals surface area contributed by atoms with Crippen molar-refractivity contribution in [3.05, 3.63) is 53.2 Å². The molecule has 5 rings (SSSR count). The highest BCUT2D eigenvalue weighted by atomic mass is 32.1. The fourth-order valence-corrected chi connectivity index (χ4v) is 5.14. The maximum atomic E-state index is 12.7. The third-order valence-corrected chi connectivity index (χ3v) is 6.66. The molecule has 0 saturated carbocycles. The van der Waals surface area contributed by atoms with Crippen LogP contribution in [-0.2, 0) is 13.6 Å². The largest absolute Gasteiger partial charge is 0.375 e. The lowest BCUT2D eigenvalue weighted by molar-refractivity contribution is -0.0421. The number of aromatic nitrogens is 3. The zero-order valence-electron chi connectivity index (χ0n) is 16.4. The van der Waals surface area contributed by atoms with Crippen molar-refractivity contribution >= 4 is 22.4 Å².